The number of hydrogen-bond acceptors (Lipinski definition) is 4. The Kier molecular flexibility index (Phi) is 6.01. The van der Waals surface area contributed by atoms with Gasteiger partial charge in [-0.15, -0.1) is 0 Å². The summed E-state index contributed by atoms with van der Waals surface area (Å²) in [5.74, 6) is 0.0371. The quantitative estimate of drug-likeness (QED) is 0.783. The molecule has 0 aromatic rings. The molecule has 0 unspecified atom stereocenters. The number of nitrogens with one attached hydrogen (secondary N) is 1. The lowest BCUT2D eigenvalue weighted by Gasteiger charge is -2.27. The van der Waals surface area contributed by atoms with Gasteiger partial charge in [0.25, 0.3) is 0 Å². The number of sulfonamides is 1. The summed E-state index contributed by atoms with van der Waals surface area (Å²) < 4.78 is 30.6. The fourth-order valence-electron chi connectivity index (χ4n) is 3.20. The van der Waals surface area contributed by atoms with Crippen LogP contribution in [0.15, 0.2) is 0 Å². The number of rotatable bonds is 6. The molecular weight excluding hydrogens is 292 g/mol. The molecule has 1 N–H and O–H groups in total. The molecule has 21 heavy (non-hydrogen) atoms. The van der Waals surface area contributed by atoms with E-state index in [1.165, 1.54) is 6.26 Å². The zero-order valence-corrected chi connectivity index (χ0v) is 13.5. The predicted octanol–water partition coefficient (Wildman–Crippen LogP) is 0.733. The third-order valence-electron chi connectivity index (χ3n) is 4.38. The maximum atomic E-state index is 12.0. The van der Waals surface area contributed by atoms with Crippen LogP contribution in [-0.2, 0) is 19.6 Å². The number of nitrogens with zero attached hydrogens (tertiary/aromatic N) is 1. The molecule has 6 nitrogen and oxygen atoms in total. The Hall–Kier alpha value is -0.660. The molecule has 0 atom stereocenters. The summed E-state index contributed by atoms with van der Waals surface area (Å²) in [4.78, 5) is 12.0. The van der Waals surface area contributed by atoms with Crippen molar-refractivity contribution >= 4 is 15.9 Å². The Morgan fingerprint density at radius 1 is 1.19 bits per heavy atom. The van der Waals surface area contributed by atoms with E-state index in [0.717, 1.165) is 38.5 Å². The van der Waals surface area contributed by atoms with Gasteiger partial charge in [0, 0.05) is 38.3 Å². The molecule has 0 aromatic carbocycles. The highest BCUT2D eigenvalue weighted by Crippen LogP contribution is 2.25. The van der Waals surface area contributed by atoms with Gasteiger partial charge in [-0.05, 0) is 25.7 Å². The van der Waals surface area contributed by atoms with Gasteiger partial charge in [0.2, 0.25) is 15.9 Å². The van der Waals surface area contributed by atoms with Crippen molar-refractivity contribution in [1.29, 1.82) is 0 Å². The van der Waals surface area contributed by atoms with Crippen LogP contribution >= 0.6 is 0 Å². The molecule has 1 aliphatic heterocycles. The fraction of sp³-hybridized carbons (Fsp3) is 0.929. The molecule has 122 valence electrons. The molecule has 0 radical (unpaired) electrons. The largest absolute Gasteiger partial charge is 0.381 e. The summed E-state index contributed by atoms with van der Waals surface area (Å²) >= 11 is 0. The van der Waals surface area contributed by atoms with Crippen LogP contribution in [0.5, 0.6) is 0 Å². The molecular formula is C14H26N2O4S. The van der Waals surface area contributed by atoms with Crippen molar-refractivity contribution in [3.63, 3.8) is 0 Å². The summed E-state index contributed by atoms with van der Waals surface area (Å²) in [7, 11) is -3.21. The minimum absolute atomic E-state index is 0.0110. The van der Waals surface area contributed by atoms with Crippen molar-refractivity contribution in [1.82, 2.24) is 9.62 Å². The van der Waals surface area contributed by atoms with Crippen molar-refractivity contribution in [2.24, 2.45) is 5.92 Å². The number of ether oxygens (including phenoxy) is 1. The van der Waals surface area contributed by atoms with Gasteiger partial charge in [-0.2, -0.15) is 4.31 Å². The molecule has 2 rings (SSSR count). The van der Waals surface area contributed by atoms with Gasteiger partial charge in [-0.3, -0.25) is 4.79 Å². The van der Waals surface area contributed by atoms with E-state index >= 15 is 0 Å². The number of hydrogen-bond donors (Lipinski definition) is 1. The molecule has 2 fully saturated rings. The summed E-state index contributed by atoms with van der Waals surface area (Å²) in [6, 6.07) is 0.111. The van der Waals surface area contributed by atoms with Crippen LogP contribution in [0.25, 0.3) is 0 Å². The SMILES string of the molecule is CS(=O)(=O)N(CCNC(=O)C1CCOCC1)C1CCCC1. The molecule has 1 saturated carbocycles. The van der Waals surface area contributed by atoms with Gasteiger partial charge in [-0.25, -0.2) is 8.42 Å². The van der Waals surface area contributed by atoms with Crippen LogP contribution < -0.4 is 5.32 Å². The van der Waals surface area contributed by atoms with Crippen LogP contribution in [0, 0.1) is 5.92 Å². The molecule has 0 bridgehead atoms. The summed E-state index contributed by atoms with van der Waals surface area (Å²) in [5, 5.41) is 2.88. The van der Waals surface area contributed by atoms with Gasteiger partial charge in [0.05, 0.1) is 6.26 Å². The zero-order chi connectivity index (χ0) is 15.3. The van der Waals surface area contributed by atoms with Gasteiger partial charge in [0.15, 0.2) is 0 Å². The first kappa shape index (κ1) is 16.7. The second-order valence-corrected chi connectivity index (χ2v) is 7.92. The zero-order valence-electron chi connectivity index (χ0n) is 12.7. The average Bonchev–Trinajstić information content (AvgIpc) is 2.96. The minimum atomic E-state index is -3.21. The van der Waals surface area contributed by atoms with E-state index in [-0.39, 0.29) is 17.9 Å². The first-order chi connectivity index (χ1) is 9.98. The third kappa shape index (κ3) is 4.93. The van der Waals surface area contributed by atoms with E-state index in [1.807, 2.05) is 0 Å². The molecule has 0 aromatic heterocycles. The van der Waals surface area contributed by atoms with E-state index in [9.17, 15) is 13.2 Å². The van der Waals surface area contributed by atoms with Crippen molar-refractivity contribution < 1.29 is 17.9 Å². The van der Waals surface area contributed by atoms with Crippen molar-refractivity contribution in [2.75, 3.05) is 32.6 Å². The van der Waals surface area contributed by atoms with Crippen molar-refractivity contribution in [2.45, 2.75) is 44.6 Å². The Morgan fingerprint density at radius 2 is 1.81 bits per heavy atom. The first-order valence-electron chi connectivity index (χ1n) is 7.81. The molecule has 1 amide bonds. The fourth-order valence-corrected chi connectivity index (χ4v) is 4.38. The average molecular weight is 318 g/mol. The molecule has 1 heterocycles. The maximum absolute atomic E-state index is 12.0. The lowest BCUT2D eigenvalue weighted by atomic mass is 9.99. The highest BCUT2D eigenvalue weighted by atomic mass is 32.2. The second kappa shape index (κ2) is 7.56. The Balaban J connectivity index is 1.80. The van der Waals surface area contributed by atoms with Crippen LogP contribution in [-0.4, -0.2) is 57.2 Å². The van der Waals surface area contributed by atoms with E-state index in [2.05, 4.69) is 5.32 Å². The van der Waals surface area contributed by atoms with Crippen LogP contribution in [0.1, 0.15) is 38.5 Å². The number of amides is 1. The predicted molar refractivity (Wildman–Crippen MR) is 80.4 cm³/mol. The lowest BCUT2D eigenvalue weighted by Crippen LogP contribution is -2.44. The maximum Gasteiger partial charge on any atom is 0.223 e. The third-order valence-corrected chi connectivity index (χ3v) is 5.71. The Labute approximate surface area is 127 Å². The highest BCUT2D eigenvalue weighted by molar-refractivity contribution is 7.88. The normalized spacial score (nSPS) is 21.8. The highest BCUT2D eigenvalue weighted by Gasteiger charge is 2.29. The minimum Gasteiger partial charge on any atom is -0.381 e. The molecule has 7 heteroatoms. The molecule has 1 aliphatic carbocycles. The Bertz CT molecular complexity index is 440. The van der Waals surface area contributed by atoms with E-state index < -0.39 is 10.0 Å². The molecule has 1 saturated heterocycles. The van der Waals surface area contributed by atoms with Gasteiger partial charge < -0.3 is 10.1 Å². The van der Waals surface area contributed by atoms with Gasteiger partial charge >= 0.3 is 0 Å². The molecule has 2 aliphatic rings. The topological polar surface area (TPSA) is 75.7 Å². The van der Waals surface area contributed by atoms with E-state index in [1.54, 1.807) is 4.31 Å². The Morgan fingerprint density at radius 3 is 2.38 bits per heavy atom. The smallest absolute Gasteiger partial charge is 0.223 e. The number of carbonyl (C=O) groups is 1. The summed E-state index contributed by atoms with van der Waals surface area (Å²) in [6.45, 7) is 2.03. The first-order valence-corrected chi connectivity index (χ1v) is 9.65. The summed E-state index contributed by atoms with van der Waals surface area (Å²) in [5.41, 5.74) is 0. The van der Waals surface area contributed by atoms with Crippen LogP contribution in [0.4, 0.5) is 0 Å². The van der Waals surface area contributed by atoms with Crippen molar-refractivity contribution in [3.8, 4) is 0 Å². The van der Waals surface area contributed by atoms with Crippen molar-refractivity contribution in [3.05, 3.63) is 0 Å². The van der Waals surface area contributed by atoms with E-state index in [0.29, 0.717) is 26.3 Å². The standard InChI is InChI=1S/C14H26N2O4S/c1-21(18,19)16(13-4-2-3-5-13)9-8-15-14(17)12-6-10-20-11-7-12/h12-13H,2-11H2,1H3,(H,15,17). The van der Waals surface area contributed by atoms with Crippen LogP contribution in [0.3, 0.4) is 0 Å². The summed E-state index contributed by atoms with van der Waals surface area (Å²) in [6.07, 6.45) is 6.80. The van der Waals surface area contributed by atoms with Crippen LogP contribution in [0.2, 0.25) is 0 Å². The molecule has 0 spiro atoms. The lowest BCUT2D eigenvalue weighted by molar-refractivity contribution is -0.127. The second-order valence-electron chi connectivity index (χ2n) is 5.99. The monoisotopic (exact) mass is 318 g/mol. The van der Waals surface area contributed by atoms with Gasteiger partial charge in [0.1, 0.15) is 0 Å². The number of carbonyl (C=O) groups excluding carboxylic acids is 1. The van der Waals surface area contributed by atoms with Gasteiger partial charge in [-0.1, -0.05) is 12.8 Å². The van der Waals surface area contributed by atoms with E-state index in [4.69, 9.17) is 4.74 Å².